The SMILES string of the molecule is O[C@@H]1CCCC[C@H]1Nc1nc2ccc(Oc3ccnc(-c4cc5cc[nH]c5cn4)c3)cc2s1. The molecule has 1 saturated carbocycles. The van der Waals surface area contributed by atoms with Crippen LogP contribution in [0.1, 0.15) is 25.7 Å². The van der Waals surface area contributed by atoms with Crippen molar-refractivity contribution < 1.29 is 9.84 Å². The van der Waals surface area contributed by atoms with Gasteiger partial charge < -0.3 is 20.1 Å². The summed E-state index contributed by atoms with van der Waals surface area (Å²) in [5.41, 5.74) is 3.47. The first-order chi connectivity index (χ1) is 16.2. The van der Waals surface area contributed by atoms with Crippen molar-refractivity contribution in [3.63, 3.8) is 0 Å². The van der Waals surface area contributed by atoms with E-state index in [0.717, 1.165) is 69.1 Å². The summed E-state index contributed by atoms with van der Waals surface area (Å²) < 4.78 is 7.18. The lowest BCUT2D eigenvalue weighted by atomic mass is 9.93. The molecule has 0 saturated heterocycles. The highest BCUT2D eigenvalue weighted by atomic mass is 32.1. The Hall–Kier alpha value is -3.49. The summed E-state index contributed by atoms with van der Waals surface area (Å²) >= 11 is 1.58. The minimum atomic E-state index is -0.307. The van der Waals surface area contributed by atoms with Crippen LogP contribution in [-0.4, -0.2) is 37.2 Å². The molecule has 2 atom stereocenters. The number of nitrogens with zero attached hydrogens (tertiary/aromatic N) is 3. The van der Waals surface area contributed by atoms with Crippen molar-refractivity contribution in [3.8, 4) is 22.9 Å². The maximum atomic E-state index is 10.2. The van der Waals surface area contributed by atoms with Gasteiger partial charge in [-0.3, -0.25) is 9.97 Å². The minimum Gasteiger partial charge on any atom is -0.457 e. The van der Waals surface area contributed by atoms with Crippen LogP contribution in [0.2, 0.25) is 0 Å². The van der Waals surface area contributed by atoms with Crippen LogP contribution in [0.5, 0.6) is 11.5 Å². The Labute approximate surface area is 194 Å². The van der Waals surface area contributed by atoms with Gasteiger partial charge in [-0.25, -0.2) is 4.98 Å². The Morgan fingerprint density at radius 3 is 2.82 bits per heavy atom. The monoisotopic (exact) mass is 457 g/mol. The Morgan fingerprint density at radius 1 is 1.00 bits per heavy atom. The molecule has 33 heavy (non-hydrogen) atoms. The van der Waals surface area contributed by atoms with Crippen LogP contribution in [0.25, 0.3) is 32.5 Å². The van der Waals surface area contributed by atoms with Gasteiger partial charge in [-0.05, 0) is 43.2 Å². The highest BCUT2D eigenvalue weighted by molar-refractivity contribution is 7.22. The molecule has 5 aromatic rings. The van der Waals surface area contributed by atoms with E-state index in [1.54, 1.807) is 17.5 Å². The van der Waals surface area contributed by atoms with Gasteiger partial charge in [0.05, 0.1) is 45.5 Å². The van der Waals surface area contributed by atoms with Crippen molar-refractivity contribution in [1.82, 2.24) is 19.9 Å². The molecule has 166 valence electrons. The molecule has 8 heteroatoms. The number of ether oxygens (including phenoxy) is 1. The number of benzene rings is 1. The molecule has 4 aromatic heterocycles. The molecular weight excluding hydrogens is 434 g/mol. The van der Waals surface area contributed by atoms with Gasteiger partial charge in [0.1, 0.15) is 11.5 Å². The van der Waals surface area contributed by atoms with Crippen molar-refractivity contribution >= 4 is 37.6 Å². The summed E-state index contributed by atoms with van der Waals surface area (Å²) in [5, 5.41) is 15.6. The van der Waals surface area contributed by atoms with E-state index in [0.29, 0.717) is 5.75 Å². The number of aliphatic hydroxyl groups excluding tert-OH is 1. The second-order valence-corrected chi connectivity index (χ2v) is 9.40. The average Bonchev–Trinajstić information content (AvgIpc) is 3.46. The molecule has 3 N–H and O–H groups in total. The maximum absolute atomic E-state index is 10.2. The van der Waals surface area contributed by atoms with Gasteiger partial charge in [-0.1, -0.05) is 24.2 Å². The van der Waals surface area contributed by atoms with Crippen LogP contribution < -0.4 is 10.1 Å². The molecule has 7 nitrogen and oxygen atoms in total. The molecule has 0 aliphatic heterocycles. The molecule has 0 bridgehead atoms. The molecule has 1 fully saturated rings. The predicted octanol–water partition coefficient (Wildman–Crippen LogP) is 5.74. The fourth-order valence-electron chi connectivity index (χ4n) is 4.31. The van der Waals surface area contributed by atoms with Gasteiger partial charge in [0.15, 0.2) is 5.13 Å². The van der Waals surface area contributed by atoms with E-state index in [-0.39, 0.29) is 12.1 Å². The number of aromatic nitrogens is 4. The lowest BCUT2D eigenvalue weighted by molar-refractivity contribution is 0.116. The van der Waals surface area contributed by atoms with Crippen LogP contribution >= 0.6 is 11.3 Å². The van der Waals surface area contributed by atoms with Crippen LogP contribution in [0.4, 0.5) is 5.13 Å². The summed E-state index contributed by atoms with van der Waals surface area (Å²) in [4.78, 5) is 16.8. The largest absolute Gasteiger partial charge is 0.457 e. The van der Waals surface area contributed by atoms with E-state index in [9.17, 15) is 5.11 Å². The second kappa shape index (κ2) is 8.46. The lowest BCUT2D eigenvalue weighted by Gasteiger charge is -2.27. The number of thiazole rings is 1. The van der Waals surface area contributed by atoms with Crippen LogP contribution in [0.3, 0.4) is 0 Å². The molecular formula is C25H23N5O2S. The first-order valence-corrected chi connectivity index (χ1v) is 12.0. The van der Waals surface area contributed by atoms with Gasteiger partial charge in [-0.2, -0.15) is 0 Å². The predicted molar refractivity (Wildman–Crippen MR) is 131 cm³/mol. The molecule has 1 aliphatic rings. The zero-order chi connectivity index (χ0) is 22.2. The quantitative estimate of drug-likeness (QED) is 0.311. The standard InChI is InChI=1S/C25H23N5O2S/c31-23-4-2-1-3-18(23)29-25-30-19-6-5-16(13-24(19)33-25)32-17-8-10-26-21(12-17)20-11-15-7-9-27-22(15)14-28-20/h5-14,18,23,27,31H,1-4H2,(H,29,30)/t18-,23-/m1/s1. The highest BCUT2D eigenvalue weighted by Crippen LogP contribution is 2.33. The number of H-pyrrole nitrogens is 1. The summed E-state index contributed by atoms with van der Waals surface area (Å²) in [5.74, 6) is 1.44. The molecule has 0 amide bonds. The molecule has 0 radical (unpaired) electrons. The van der Waals surface area contributed by atoms with Gasteiger partial charge in [-0.15, -0.1) is 0 Å². The van der Waals surface area contributed by atoms with Crippen LogP contribution in [-0.2, 0) is 0 Å². The number of pyridine rings is 2. The van der Waals surface area contributed by atoms with Gasteiger partial charge in [0.25, 0.3) is 0 Å². The second-order valence-electron chi connectivity index (χ2n) is 8.36. The van der Waals surface area contributed by atoms with Crippen molar-refractivity contribution in [3.05, 3.63) is 61.1 Å². The molecule has 4 heterocycles. The number of aromatic amines is 1. The van der Waals surface area contributed by atoms with Crippen molar-refractivity contribution in [2.45, 2.75) is 37.8 Å². The highest BCUT2D eigenvalue weighted by Gasteiger charge is 2.23. The summed E-state index contributed by atoms with van der Waals surface area (Å²) in [6.07, 6.45) is 9.19. The van der Waals surface area contributed by atoms with Gasteiger partial charge >= 0.3 is 0 Å². The van der Waals surface area contributed by atoms with Gasteiger partial charge in [0.2, 0.25) is 0 Å². The van der Waals surface area contributed by atoms with Crippen molar-refractivity contribution in [1.29, 1.82) is 0 Å². The maximum Gasteiger partial charge on any atom is 0.184 e. The van der Waals surface area contributed by atoms with Crippen LogP contribution in [0.15, 0.2) is 61.1 Å². The first kappa shape index (κ1) is 20.1. The fraction of sp³-hybridized carbons (Fsp3) is 0.240. The van der Waals surface area contributed by atoms with E-state index in [1.807, 2.05) is 54.9 Å². The number of anilines is 1. The summed E-state index contributed by atoms with van der Waals surface area (Å²) in [6.45, 7) is 0. The van der Waals surface area contributed by atoms with E-state index in [1.165, 1.54) is 0 Å². The third kappa shape index (κ3) is 4.15. The van der Waals surface area contributed by atoms with E-state index < -0.39 is 0 Å². The summed E-state index contributed by atoms with van der Waals surface area (Å²) in [6, 6.07) is 13.7. The van der Waals surface area contributed by atoms with Crippen LogP contribution in [0, 0.1) is 0 Å². The third-order valence-electron chi connectivity index (χ3n) is 6.07. The van der Waals surface area contributed by atoms with Gasteiger partial charge in [0, 0.05) is 29.9 Å². The summed E-state index contributed by atoms with van der Waals surface area (Å²) in [7, 11) is 0. The fourth-order valence-corrected chi connectivity index (χ4v) is 5.27. The number of fused-ring (bicyclic) bond motifs is 2. The normalized spacial score (nSPS) is 18.6. The van der Waals surface area contributed by atoms with E-state index in [4.69, 9.17) is 4.74 Å². The Kier molecular flexibility index (Phi) is 5.16. The average molecular weight is 458 g/mol. The Morgan fingerprint density at radius 2 is 1.88 bits per heavy atom. The number of rotatable bonds is 5. The number of aliphatic hydroxyl groups is 1. The number of nitrogens with one attached hydrogen (secondary N) is 2. The third-order valence-corrected chi connectivity index (χ3v) is 7.01. The van der Waals surface area contributed by atoms with Crippen molar-refractivity contribution in [2.24, 2.45) is 0 Å². The van der Waals surface area contributed by atoms with E-state index >= 15 is 0 Å². The molecule has 0 unspecified atom stereocenters. The minimum absolute atomic E-state index is 0.0735. The molecule has 6 rings (SSSR count). The smallest absolute Gasteiger partial charge is 0.184 e. The topological polar surface area (TPSA) is 96.0 Å². The molecule has 1 aromatic carbocycles. The number of hydrogen-bond donors (Lipinski definition) is 3. The Balaban J connectivity index is 1.22. The number of hydrogen-bond acceptors (Lipinski definition) is 7. The van der Waals surface area contributed by atoms with E-state index in [2.05, 4.69) is 25.3 Å². The molecule has 0 spiro atoms. The lowest BCUT2D eigenvalue weighted by Crippen LogP contribution is -2.36. The van der Waals surface area contributed by atoms with Crippen molar-refractivity contribution in [2.75, 3.05) is 5.32 Å². The zero-order valence-corrected chi connectivity index (χ0v) is 18.7. The molecule has 1 aliphatic carbocycles. The first-order valence-electron chi connectivity index (χ1n) is 11.1. The Bertz CT molecular complexity index is 1430. The zero-order valence-electron chi connectivity index (χ0n) is 17.9.